The number of nitrogens with zero attached hydrogens (tertiary/aromatic N) is 3. The summed E-state index contributed by atoms with van der Waals surface area (Å²) in [6.07, 6.45) is 1.46. The molecule has 0 bridgehead atoms. The summed E-state index contributed by atoms with van der Waals surface area (Å²) in [6, 6.07) is 13.5. The Morgan fingerprint density at radius 2 is 1.81 bits per heavy atom. The van der Waals surface area contributed by atoms with Crippen molar-refractivity contribution in [2.45, 2.75) is 6.92 Å². The minimum absolute atomic E-state index is 0.418. The number of aryl methyl sites for hydroxylation is 1. The first-order valence-corrected chi connectivity index (χ1v) is 9.06. The smallest absolute Gasteiger partial charge is 0.189 e. The molecule has 4 rings (SSSR count). The molecular formula is C18H15ClN6S. The summed E-state index contributed by atoms with van der Waals surface area (Å²) >= 11 is 7.55. The molecule has 4 aromatic rings. The molecule has 2 aromatic carbocycles. The van der Waals surface area contributed by atoms with Gasteiger partial charge in [-0.05, 0) is 42.8 Å². The summed E-state index contributed by atoms with van der Waals surface area (Å²) in [7, 11) is 0. The van der Waals surface area contributed by atoms with E-state index in [9.17, 15) is 0 Å². The number of nitrogen functional groups attached to an aromatic ring is 1. The third kappa shape index (κ3) is 3.26. The topological polar surface area (TPSA) is 88.8 Å². The number of halogens is 1. The van der Waals surface area contributed by atoms with Crippen LogP contribution in [0.1, 0.15) is 5.56 Å². The molecule has 130 valence electrons. The van der Waals surface area contributed by atoms with Gasteiger partial charge in [-0.1, -0.05) is 35.1 Å². The van der Waals surface area contributed by atoms with Crippen molar-refractivity contribution in [1.82, 2.24) is 15.0 Å². The van der Waals surface area contributed by atoms with Gasteiger partial charge in [-0.15, -0.1) is 0 Å². The van der Waals surface area contributed by atoms with Crippen LogP contribution in [0.3, 0.4) is 0 Å². The summed E-state index contributed by atoms with van der Waals surface area (Å²) in [5, 5.41) is 7.82. The molecule has 8 heteroatoms. The van der Waals surface area contributed by atoms with E-state index >= 15 is 0 Å². The standard InChI is InChI=1S/C18H15ClN6S/c1-10-8-11(19)6-7-12(10)23-16-15(20)17(22-9-21-16)25-18-24-13-4-2-3-5-14(13)26-18/h2-9H,20H2,1H3,(H2,21,22,23,24,25). The first kappa shape index (κ1) is 16.6. The fraction of sp³-hybridized carbons (Fsp3) is 0.0556. The average Bonchev–Trinajstić information content (AvgIpc) is 3.03. The van der Waals surface area contributed by atoms with E-state index in [1.807, 2.05) is 49.4 Å². The van der Waals surface area contributed by atoms with Crippen LogP contribution in [-0.2, 0) is 0 Å². The molecule has 0 radical (unpaired) electrons. The van der Waals surface area contributed by atoms with Crippen LogP contribution < -0.4 is 16.4 Å². The number of aromatic nitrogens is 3. The number of anilines is 5. The normalized spacial score (nSPS) is 10.8. The minimum atomic E-state index is 0.418. The zero-order valence-electron chi connectivity index (χ0n) is 13.8. The molecule has 0 unspecified atom stereocenters. The predicted molar refractivity (Wildman–Crippen MR) is 109 cm³/mol. The van der Waals surface area contributed by atoms with E-state index in [4.69, 9.17) is 17.3 Å². The third-order valence-corrected chi connectivity index (χ3v) is 5.03. The van der Waals surface area contributed by atoms with Gasteiger partial charge in [0.25, 0.3) is 0 Å². The van der Waals surface area contributed by atoms with Gasteiger partial charge in [-0.3, -0.25) is 0 Å². The maximum Gasteiger partial charge on any atom is 0.189 e. The molecule has 2 aromatic heterocycles. The summed E-state index contributed by atoms with van der Waals surface area (Å²) < 4.78 is 1.10. The van der Waals surface area contributed by atoms with Crippen molar-refractivity contribution in [3.05, 3.63) is 59.4 Å². The minimum Gasteiger partial charge on any atom is -0.393 e. The molecule has 2 heterocycles. The van der Waals surface area contributed by atoms with Crippen LogP contribution in [0, 0.1) is 6.92 Å². The quantitative estimate of drug-likeness (QED) is 0.454. The lowest BCUT2D eigenvalue weighted by Gasteiger charge is -2.13. The van der Waals surface area contributed by atoms with Crippen LogP contribution in [0.4, 0.5) is 28.1 Å². The van der Waals surface area contributed by atoms with Gasteiger partial charge in [0.2, 0.25) is 0 Å². The van der Waals surface area contributed by atoms with E-state index in [1.165, 1.54) is 6.33 Å². The molecule has 0 saturated heterocycles. The van der Waals surface area contributed by atoms with E-state index in [0.717, 1.165) is 26.6 Å². The highest BCUT2D eigenvalue weighted by Crippen LogP contribution is 2.32. The van der Waals surface area contributed by atoms with Crippen molar-refractivity contribution >= 4 is 61.3 Å². The molecule has 0 aliphatic rings. The molecule has 0 aliphatic heterocycles. The van der Waals surface area contributed by atoms with Crippen molar-refractivity contribution in [2.75, 3.05) is 16.4 Å². The second kappa shape index (κ2) is 6.78. The van der Waals surface area contributed by atoms with Crippen molar-refractivity contribution < 1.29 is 0 Å². The number of rotatable bonds is 4. The van der Waals surface area contributed by atoms with Gasteiger partial charge in [-0.25, -0.2) is 15.0 Å². The molecule has 4 N–H and O–H groups in total. The highest BCUT2D eigenvalue weighted by molar-refractivity contribution is 7.22. The van der Waals surface area contributed by atoms with E-state index in [-0.39, 0.29) is 0 Å². The van der Waals surface area contributed by atoms with Crippen molar-refractivity contribution in [3.8, 4) is 0 Å². The van der Waals surface area contributed by atoms with Crippen molar-refractivity contribution in [1.29, 1.82) is 0 Å². The maximum absolute atomic E-state index is 6.25. The van der Waals surface area contributed by atoms with Gasteiger partial charge in [0.1, 0.15) is 12.0 Å². The van der Waals surface area contributed by atoms with Crippen molar-refractivity contribution in [2.24, 2.45) is 0 Å². The predicted octanol–water partition coefficient (Wildman–Crippen LogP) is 5.12. The number of hydrogen-bond donors (Lipinski definition) is 3. The highest BCUT2D eigenvalue weighted by atomic mass is 35.5. The molecule has 0 spiro atoms. The Kier molecular flexibility index (Phi) is 4.32. The van der Waals surface area contributed by atoms with Crippen LogP contribution >= 0.6 is 22.9 Å². The average molecular weight is 383 g/mol. The first-order valence-electron chi connectivity index (χ1n) is 7.86. The fourth-order valence-corrected chi connectivity index (χ4v) is 3.61. The zero-order chi connectivity index (χ0) is 18.1. The molecule has 6 nitrogen and oxygen atoms in total. The fourth-order valence-electron chi connectivity index (χ4n) is 2.52. The van der Waals surface area contributed by atoms with Crippen LogP contribution in [0.25, 0.3) is 10.2 Å². The Morgan fingerprint density at radius 3 is 2.58 bits per heavy atom. The van der Waals surface area contributed by atoms with Gasteiger partial charge < -0.3 is 16.4 Å². The van der Waals surface area contributed by atoms with Gasteiger partial charge in [-0.2, -0.15) is 0 Å². The summed E-state index contributed by atoms with van der Waals surface area (Å²) in [5.74, 6) is 1.03. The van der Waals surface area contributed by atoms with Crippen molar-refractivity contribution in [3.63, 3.8) is 0 Å². The second-order valence-corrected chi connectivity index (χ2v) is 7.15. The Hall–Kier alpha value is -2.90. The number of benzene rings is 2. The Balaban J connectivity index is 1.62. The zero-order valence-corrected chi connectivity index (χ0v) is 15.4. The summed E-state index contributed by atoms with van der Waals surface area (Å²) in [5.41, 5.74) is 9.48. The monoisotopic (exact) mass is 382 g/mol. The lowest BCUT2D eigenvalue weighted by molar-refractivity contribution is 1.17. The molecule has 0 atom stereocenters. The number of nitrogens with one attached hydrogen (secondary N) is 2. The molecule has 0 fully saturated rings. The van der Waals surface area contributed by atoms with Gasteiger partial charge in [0.15, 0.2) is 16.8 Å². The number of para-hydroxylation sites is 1. The molecule has 0 saturated carbocycles. The summed E-state index contributed by atoms with van der Waals surface area (Å²) in [4.78, 5) is 13.0. The van der Waals surface area contributed by atoms with E-state index < -0.39 is 0 Å². The summed E-state index contributed by atoms with van der Waals surface area (Å²) in [6.45, 7) is 1.96. The maximum atomic E-state index is 6.25. The molecule has 0 aliphatic carbocycles. The number of thiazole rings is 1. The largest absolute Gasteiger partial charge is 0.393 e. The number of fused-ring (bicyclic) bond motifs is 1. The van der Waals surface area contributed by atoms with Crippen LogP contribution in [0.2, 0.25) is 5.02 Å². The lowest BCUT2D eigenvalue weighted by Crippen LogP contribution is -2.05. The SMILES string of the molecule is Cc1cc(Cl)ccc1Nc1ncnc(Nc2nc3ccccc3s2)c1N. The Morgan fingerprint density at radius 1 is 1.04 bits per heavy atom. The molecule has 26 heavy (non-hydrogen) atoms. The highest BCUT2D eigenvalue weighted by Gasteiger charge is 2.12. The third-order valence-electron chi connectivity index (χ3n) is 3.84. The Labute approximate surface area is 159 Å². The lowest BCUT2D eigenvalue weighted by atomic mass is 10.2. The molecule has 0 amide bonds. The number of nitrogens with two attached hydrogens (primary N) is 1. The van der Waals surface area contributed by atoms with E-state index in [0.29, 0.717) is 22.3 Å². The molecular weight excluding hydrogens is 368 g/mol. The van der Waals surface area contributed by atoms with Gasteiger partial charge in [0.05, 0.1) is 10.2 Å². The van der Waals surface area contributed by atoms with Crippen LogP contribution in [0.5, 0.6) is 0 Å². The Bertz CT molecular complexity index is 1060. The van der Waals surface area contributed by atoms with Crippen LogP contribution in [-0.4, -0.2) is 15.0 Å². The van der Waals surface area contributed by atoms with Gasteiger partial charge >= 0.3 is 0 Å². The van der Waals surface area contributed by atoms with E-state index in [2.05, 4.69) is 25.6 Å². The van der Waals surface area contributed by atoms with Crippen LogP contribution in [0.15, 0.2) is 48.8 Å². The first-order chi connectivity index (χ1) is 12.6. The van der Waals surface area contributed by atoms with Gasteiger partial charge in [0, 0.05) is 10.7 Å². The van der Waals surface area contributed by atoms with E-state index in [1.54, 1.807) is 11.3 Å². The number of hydrogen-bond acceptors (Lipinski definition) is 7. The second-order valence-electron chi connectivity index (χ2n) is 5.68.